The molecule has 4 rings (SSSR count). The van der Waals surface area contributed by atoms with Gasteiger partial charge in [-0.2, -0.15) is 5.26 Å². The Balaban J connectivity index is 1.68. The Kier molecular flexibility index (Phi) is 4.08. The molecule has 1 saturated carbocycles. The molecule has 1 aliphatic carbocycles. The summed E-state index contributed by atoms with van der Waals surface area (Å²) in [5.41, 5.74) is 0.413. The van der Waals surface area contributed by atoms with Crippen LogP contribution in [0.3, 0.4) is 0 Å². The van der Waals surface area contributed by atoms with E-state index in [2.05, 4.69) is 11.4 Å². The fourth-order valence-corrected chi connectivity index (χ4v) is 5.40. The van der Waals surface area contributed by atoms with E-state index in [4.69, 9.17) is 5.26 Å². The van der Waals surface area contributed by atoms with E-state index in [1.165, 1.54) is 30.3 Å². The lowest BCUT2D eigenvalue weighted by Gasteiger charge is -2.19. The number of fused-ring (bicyclic) bond motifs is 2. The minimum atomic E-state index is -3.87. The van der Waals surface area contributed by atoms with Crippen LogP contribution in [-0.2, 0) is 9.84 Å². The van der Waals surface area contributed by atoms with Crippen molar-refractivity contribution in [1.82, 2.24) is 5.32 Å². The summed E-state index contributed by atoms with van der Waals surface area (Å²) < 4.78 is 25.8. The average molecular weight is 380 g/mol. The van der Waals surface area contributed by atoms with Gasteiger partial charge in [0.25, 0.3) is 5.91 Å². The first-order valence-electron chi connectivity index (χ1n) is 8.65. The van der Waals surface area contributed by atoms with Crippen LogP contribution >= 0.6 is 0 Å². The lowest BCUT2D eigenvalue weighted by Crippen LogP contribution is -2.33. The zero-order valence-electron chi connectivity index (χ0n) is 14.3. The van der Waals surface area contributed by atoms with Gasteiger partial charge in [-0.3, -0.25) is 9.59 Å². The van der Waals surface area contributed by atoms with Gasteiger partial charge in [0, 0.05) is 28.7 Å². The van der Waals surface area contributed by atoms with E-state index >= 15 is 0 Å². The highest BCUT2D eigenvalue weighted by molar-refractivity contribution is 7.91. The van der Waals surface area contributed by atoms with Crippen molar-refractivity contribution in [3.63, 3.8) is 0 Å². The Morgan fingerprint density at radius 3 is 2.56 bits per heavy atom. The molecule has 2 aromatic rings. The van der Waals surface area contributed by atoms with Gasteiger partial charge in [0.05, 0.1) is 15.9 Å². The van der Waals surface area contributed by atoms with Crippen LogP contribution < -0.4 is 5.32 Å². The standard InChI is InChI=1S/C20H16N2O4S/c21-11-12-5-7-14(9-12)22-20(24)13-6-8-16-18(10-13)27(25,26)17-4-2-1-3-15(17)19(16)23/h1-4,6,8,10,12,14H,5,7,9H2,(H,22,24)/t12-,14-/m0/s1. The third kappa shape index (κ3) is 2.82. The smallest absolute Gasteiger partial charge is 0.251 e. The molecule has 1 aliphatic heterocycles. The summed E-state index contributed by atoms with van der Waals surface area (Å²) in [4.78, 5) is 25.0. The van der Waals surface area contributed by atoms with E-state index < -0.39 is 15.7 Å². The van der Waals surface area contributed by atoms with Crippen molar-refractivity contribution in [2.75, 3.05) is 0 Å². The maximum absolute atomic E-state index is 12.9. The fourth-order valence-electron chi connectivity index (χ4n) is 3.72. The van der Waals surface area contributed by atoms with E-state index in [0.717, 1.165) is 12.8 Å². The number of benzene rings is 2. The highest BCUT2D eigenvalue weighted by Gasteiger charge is 2.35. The van der Waals surface area contributed by atoms with Gasteiger partial charge >= 0.3 is 0 Å². The van der Waals surface area contributed by atoms with Gasteiger partial charge < -0.3 is 5.32 Å². The second-order valence-electron chi connectivity index (χ2n) is 6.85. The molecular formula is C20H16N2O4S. The third-order valence-corrected chi connectivity index (χ3v) is 7.00. The summed E-state index contributed by atoms with van der Waals surface area (Å²) in [6, 6.07) is 12.3. The van der Waals surface area contributed by atoms with Crippen LogP contribution in [0.4, 0.5) is 0 Å². The van der Waals surface area contributed by atoms with Crippen molar-refractivity contribution < 1.29 is 18.0 Å². The SMILES string of the molecule is N#C[C@H]1CC[C@H](NC(=O)c2ccc3c(c2)S(=O)(=O)c2ccccc2C3=O)C1. The Hall–Kier alpha value is -2.98. The Labute approximate surface area is 156 Å². The van der Waals surface area contributed by atoms with Crippen LogP contribution in [0, 0.1) is 17.2 Å². The van der Waals surface area contributed by atoms with Gasteiger partial charge in [-0.1, -0.05) is 12.1 Å². The maximum Gasteiger partial charge on any atom is 0.251 e. The average Bonchev–Trinajstić information content (AvgIpc) is 3.13. The quantitative estimate of drug-likeness (QED) is 0.735. The van der Waals surface area contributed by atoms with Gasteiger partial charge in [-0.25, -0.2) is 8.42 Å². The van der Waals surface area contributed by atoms with Gasteiger partial charge in [0.1, 0.15) is 0 Å². The first kappa shape index (κ1) is 17.4. The molecule has 0 bridgehead atoms. The van der Waals surface area contributed by atoms with Crippen LogP contribution in [0.2, 0.25) is 0 Å². The Morgan fingerprint density at radius 1 is 1.07 bits per heavy atom. The van der Waals surface area contributed by atoms with Crippen LogP contribution in [0.5, 0.6) is 0 Å². The summed E-state index contributed by atoms with van der Waals surface area (Å²) in [5, 5.41) is 11.8. The zero-order chi connectivity index (χ0) is 19.2. The number of carbonyl (C=O) groups excluding carboxylic acids is 2. The molecule has 0 saturated heterocycles. The zero-order valence-corrected chi connectivity index (χ0v) is 15.1. The summed E-state index contributed by atoms with van der Waals surface area (Å²) in [6.07, 6.45) is 2.06. The lowest BCUT2D eigenvalue weighted by molar-refractivity contribution is 0.0935. The molecule has 0 spiro atoms. The van der Waals surface area contributed by atoms with E-state index in [1.54, 1.807) is 12.1 Å². The second-order valence-corrected chi connectivity index (χ2v) is 8.74. The summed E-state index contributed by atoms with van der Waals surface area (Å²) >= 11 is 0. The summed E-state index contributed by atoms with van der Waals surface area (Å²) in [6.45, 7) is 0. The molecule has 1 heterocycles. The third-order valence-electron chi connectivity index (χ3n) is 5.15. The molecule has 136 valence electrons. The Morgan fingerprint density at radius 2 is 1.81 bits per heavy atom. The maximum atomic E-state index is 12.9. The van der Waals surface area contributed by atoms with Crippen molar-refractivity contribution in [3.05, 3.63) is 59.2 Å². The Bertz CT molecular complexity index is 1120. The molecule has 2 aliphatic rings. The van der Waals surface area contributed by atoms with Gasteiger partial charge in [-0.05, 0) is 49.6 Å². The van der Waals surface area contributed by atoms with Crippen molar-refractivity contribution in [3.8, 4) is 6.07 Å². The number of ketones is 1. The summed E-state index contributed by atoms with van der Waals surface area (Å²) in [7, 11) is -3.87. The molecule has 7 heteroatoms. The lowest BCUT2D eigenvalue weighted by atomic mass is 10.0. The second kappa shape index (κ2) is 6.32. The normalized spacial score (nSPS) is 22.4. The number of nitriles is 1. The van der Waals surface area contributed by atoms with E-state index in [9.17, 15) is 18.0 Å². The molecule has 0 unspecified atom stereocenters. The molecule has 0 radical (unpaired) electrons. The van der Waals surface area contributed by atoms with E-state index in [-0.39, 0.29) is 44.2 Å². The molecule has 1 N–H and O–H groups in total. The number of amides is 1. The molecule has 6 nitrogen and oxygen atoms in total. The molecular weight excluding hydrogens is 364 g/mol. The van der Waals surface area contributed by atoms with Crippen LogP contribution in [0.1, 0.15) is 45.5 Å². The van der Waals surface area contributed by atoms with Crippen molar-refractivity contribution in [1.29, 1.82) is 5.26 Å². The number of carbonyl (C=O) groups is 2. The van der Waals surface area contributed by atoms with E-state index in [1.807, 2.05) is 0 Å². The number of sulfone groups is 1. The molecule has 1 amide bonds. The van der Waals surface area contributed by atoms with Gasteiger partial charge in [0.2, 0.25) is 9.84 Å². The molecule has 27 heavy (non-hydrogen) atoms. The molecule has 0 aromatic heterocycles. The van der Waals surface area contributed by atoms with Crippen molar-refractivity contribution >= 4 is 21.5 Å². The highest BCUT2D eigenvalue weighted by atomic mass is 32.2. The predicted octanol–water partition coefficient (Wildman–Crippen LogP) is 2.49. The van der Waals surface area contributed by atoms with Crippen LogP contribution in [-0.4, -0.2) is 26.2 Å². The number of hydrogen-bond acceptors (Lipinski definition) is 5. The van der Waals surface area contributed by atoms with Crippen LogP contribution in [0.25, 0.3) is 0 Å². The van der Waals surface area contributed by atoms with Crippen molar-refractivity contribution in [2.24, 2.45) is 5.92 Å². The number of hydrogen-bond donors (Lipinski definition) is 1. The van der Waals surface area contributed by atoms with Crippen molar-refractivity contribution in [2.45, 2.75) is 35.1 Å². The minimum absolute atomic E-state index is 0.0345. The first-order chi connectivity index (χ1) is 12.9. The van der Waals surface area contributed by atoms with Gasteiger partial charge in [-0.15, -0.1) is 0 Å². The monoisotopic (exact) mass is 380 g/mol. The topological polar surface area (TPSA) is 104 Å². The van der Waals surface area contributed by atoms with E-state index in [0.29, 0.717) is 6.42 Å². The highest BCUT2D eigenvalue weighted by Crippen LogP contribution is 2.35. The summed E-state index contributed by atoms with van der Waals surface area (Å²) in [5.74, 6) is -0.828. The predicted molar refractivity (Wildman–Crippen MR) is 96.0 cm³/mol. The van der Waals surface area contributed by atoms with Gasteiger partial charge in [0.15, 0.2) is 5.78 Å². The number of rotatable bonds is 2. The number of nitrogens with one attached hydrogen (secondary N) is 1. The minimum Gasteiger partial charge on any atom is -0.349 e. The molecule has 2 aromatic carbocycles. The molecule has 2 atom stereocenters. The molecule has 1 fully saturated rings. The fraction of sp³-hybridized carbons (Fsp3) is 0.250. The first-order valence-corrected chi connectivity index (χ1v) is 10.1. The largest absolute Gasteiger partial charge is 0.349 e. The number of nitrogens with zero attached hydrogens (tertiary/aromatic N) is 1. The van der Waals surface area contributed by atoms with Crippen LogP contribution in [0.15, 0.2) is 52.3 Å².